The van der Waals surface area contributed by atoms with E-state index in [0.717, 1.165) is 16.5 Å². The molecule has 0 saturated carbocycles. The van der Waals surface area contributed by atoms with Crippen molar-refractivity contribution in [3.63, 3.8) is 0 Å². The van der Waals surface area contributed by atoms with E-state index in [1.807, 2.05) is 12.1 Å². The van der Waals surface area contributed by atoms with Gasteiger partial charge in [0.05, 0.1) is 18.2 Å². The highest BCUT2D eigenvalue weighted by Crippen LogP contribution is 2.34. The van der Waals surface area contributed by atoms with Crippen molar-refractivity contribution in [3.8, 4) is 17.0 Å². The molecule has 0 fully saturated rings. The van der Waals surface area contributed by atoms with Crippen LogP contribution in [-0.2, 0) is 0 Å². The lowest BCUT2D eigenvalue weighted by molar-refractivity contribution is 0.400. The number of halogens is 1. The molecule has 20 heavy (non-hydrogen) atoms. The summed E-state index contributed by atoms with van der Waals surface area (Å²) in [7, 11) is 1.55. The molecule has 1 aromatic carbocycles. The maximum Gasteiger partial charge on any atom is 0.248 e. The highest BCUT2D eigenvalue weighted by molar-refractivity contribution is 6.30. The van der Waals surface area contributed by atoms with Crippen molar-refractivity contribution in [1.82, 2.24) is 9.97 Å². The van der Waals surface area contributed by atoms with E-state index in [1.165, 1.54) is 6.07 Å². The van der Waals surface area contributed by atoms with E-state index in [-0.39, 0.29) is 5.56 Å². The fraction of sp³-hybridized carbons (Fsp3) is 0.0667. The zero-order chi connectivity index (χ0) is 14.1. The number of H-pyrrole nitrogens is 1. The lowest BCUT2D eigenvalue weighted by atomic mass is 10.0. The average Bonchev–Trinajstić information content (AvgIpc) is 2.47. The lowest BCUT2D eigenvalue weighted by Crippen LogP contribution is -2.04. The van der Waals surface area contributed by atoms with Crippen LogP contribution in [0.25, 0.3) is 22.0 Å². The van der Waals surface area contributed by atoms with E-state index in [1.54, 1.807) is 31.5 Å². The van der Waals surface area contributed by atoms with Crippen LogP contribution in [0, 0.1) is 0 Å². The Hall–Kier alpha value is -2.33. The summed E-state index contributed by atoms with van der Waals surface area (Å²) in [5, 5.41) is 1.49. The molecular formula is C15H11ClN2O2. The third kappa shape index (κ3) is 2.14. The zero-order valence-corrected chi connectivity index (χ0v) is 11.4. The Bertz CT molecular complexity index is 825. The topological polar surface area (TPSA) is 55.0 Å². The van der Waals surface area contributed by atoms with Crippen molar-refractivity contribution < 1.29 is 4.74 Å². The van der Waals surface area contributed by atoms with Crippen LogP contribution in [0.2, 0.25) is 5.02 Å². The maximum atomic E-state index is 11.6. The lowest BCUT2D eigenvalue weighted by Gasteiger charge is -2.10. The molecule has 3 rings (SSSR count). The second-order valence-corrected chi connectivity index (χ2v) is 4.74. The van der Waals surface area contributed by atoms with Gasteiger partial charge in [0.1, 0.15) is 0 Å². The van der Waals surface area contributed by atoms with E-state index in [9.17, 15) is 4.79 Å². The first-order chi connectivity index (χ1) is 9.69. The number of fused-ring (bicyclic) bond motifs is 1. The molecule has 0 bridgehead atoms. The molecule has 0 spiro atoms. The van der Waals surface area contributed by atoms with Crippen molar-refractivity contribution in [3.05, 3.63) is 58.0 Å². The van der Waals surface area contributed by atoms with Crippen LogP contribution in [0.5, 0.6) is 5.88 Å². The number of methoxy groups -OCH3 is 1. The van der Waals surface area contributed by atoms with Gasteiger partial charge in [-0.3, -0.25) is 4.79 Å². The van der Waals surface area contributed by atoms with E-state index < -0.39 is 0 Å². The Kier molecular flexibility index (Phi) is 3.16. The molecule has 1 N–H and O–H groups in total. The predicted molar refractivity (Wildman–Crippen MR) is 79.4 cm³/mol. The number of nitrogens with zero attached hydrogens (tertiary/aromatic N) is 1. The second-order valence-electron chi connectivity index (χ2n) is 4.30. The number of pyridine rings is 2. The molecular weight excluding hydrogens is 276 g/mol. The van der Waals surface area contributed by atoms with E-state index in [0.29, 0.717) is 16.4 Å². The number of aromatic amines is 1. The van der Waals surface area contributed by atoms with Gasteiger partial charge >= 0.3 is 0 Å². The molecule has 0 aliphatic carbocycles. The van der Waals surface area contributed by atoms with E-state index in [2.05, 4.69) is 9.97 Å². The molecule has 0 amide bonds. The van der Waals surface area contributed by atoms with Gasteiger partial charge in [0.25, 0.3) is 0 Å². The number of aromatic nitrogens is 2. The highest BCUT2D eigenvalue weighted by atomic mass is 35.5. The van der Waals surface area contributed by atoms with Gasteiger partial charge in [-0.2, -0.15) is 0 Å². The van der Waals surface area contributed by atoms with Gasteiger partial charge in [0, 0.05) is 22.7 Å². The van der Waals surface area contributed by atoms with Gasteiger partial charge in [-0.15, -0.1) is 0 Å². The molecule has 2 aromatic heterocycles. The van der Waals surface area contributed by atoms with Crippen LogP contribution in [0.4, 0.5) is 0 Å². The largest absolute Gasteiger partial charge is 0.480 e. The van der Waals surface area contributed by atoms with Crippen molar-refractivity contribution in [2.45, 2.75) is 0 Å². The standard InChI is InChI=1S/C15H11ClN2O2/c1-20-15-13(9-2-5-11(16)6-3-9)14-10(8-17-15)4-7-12(19)18-14/h2-8H,1H3,(H,18,19). The van der Waals surface area contributed by atoms with Crippen LogP contribution in [0.3, 0.4) is 0 Å². The van der Waals surface area contributed by atoms with Crippen LogP contribution in [0.1, 0.15) is 0 Å². The van der Waals surface area contributed by atoms with Gasteiger partial charge in [-0.05, 0) is 23.8 Å². The molecule has 3 aromatic rings. The quantitative estimate of drug-likeness (QED) is 0.787. The van der Waals surface area contributed by atoms with Gasteiger partial charge in [-0.25, -0.2) is 4.98 Å². The summed E-state index contributed by atoms with van der Waals surface area (Å²) < 4.78 is 5.31. The summed E-state index contributed by atoms with van der Waals surface area (Å²) in [6.45, 7) is 0. The normalized spacial score (nSPS) is 10.7. The molecule has 0 aliphatic rings. The summed E-state index contributed by atoms with van der Waals surface area (Å²) in [5.74, 6) is 0.460. The zero-order valence-electron chi connectivity index (χ0n) is 10.7. The smallest absolute Gasteiger partial charge is 0.248 e. The van der Waals surface area contributed by atoms with Crippen molar-refractivity contribution >= 4 is 22.5 Å². The Balaban J connectivity index is 2.38. The first kappa shape index (κ1) is 12.7. The number of hydrogen-bond acceptors (Lipinski definition) is 3. The Morgan fingerprint density at radius 2 is 1.90 bits per heavy atom. The average molecular weight is 287 g/mol. The second kappa shape index (κ2) is 4.98. The fourth-order valence-electron chi connectivity index (χ4n) is 2.14. The van der Waals surface area contributed by atoms with Gasteiger partial charge in [-0.1, -0.05) is 23.7 Å². The highest BCUT2D eigenvalue weighted by Gasteiger charge is 2.13. The van der Waals surface area contributed by atoms with Crippen molar-refractivity contribution in [1.29, 1.82) is 0 Å². The molecule has 0 unspecified atom stereocenters. The fourth-order valence-corrected chi connectivity index (χ4v) is 2.27. The maximum absolute atomic E-state index is 11.6. The summed E-state index contributed by atoms with van der Waals surface area (Å²) in [4.78, 5) is 18.7. The van der Waals surface area contributed by atoms with Gasteiger partial charge in [0.2, 0.25) is 11.4 Å². The van der Waals surface area contributed by atoms with Gasteiger partial charge < -0.3 is 9.72 Å². The minimum Gasteiger partial charge on any atom is -0.480 e. The first-order valence-electron chi connectivity index (χ1n) is 6.01. The van der Waals surface area contributed by atoms with Crippen LogP contribution in [-0.4, -0.2) is 17.1 Å². The third-order valence-corrected chi connectivity index (χ3v) is 3.31. The minimum atomic E-state index is -0.166. The number of hydrogen-bond donors (Lipinski definition) is 1. The third-order valence-electron chi connectivity index (χ3n) is 3.06. The van der Waals surface area contributed by atoms with Crippen LogP contribution >= 0.6 is 11.6 Å². The van der Waals surface area contributed by atoms with Crippen LogP contribution < -0.4 is 10.3 Å². The Labute approximate surface area is 120 Å². The Morgan fingerprint density at radius 3 is 2.60 bits per heavy atom. The number of benzene rings is 1. The summed E-state index contributed by atoms with van der Waals surface area (Å²) in [5.41, 5.74) is 2.17. The molecule has 0 saturated heterocycles. The molecule has 0 atom stereocenters. The molecule has 0 aliphatic heterocycles. The predicted octanol–water partition coefficient (Wildman–Crippen LogP) is 3.25. The van der Waals surface area contributed by atoms with E-state index in [4.69, 9.17) is 16.3 Å². The van der Waals surface area contributed by atoms with Crippen LogP contribution in [0.15, 0.2) is 47.4 Å². The molecule has 4 nitrogen and oxygen atoms in total. The number of ether oxygens (including phenoxy) is 1. The molecule has 100 valence electrons. The number of nitrogens with one attached hydrogen (secondary N) is 1. The summed E-state index contributed by atoms with van der Waals surface area (Å²) in [6, 6.07) is 10.5. The molecule has 2 heterocycles. The monoisotopic (exact) mass is 286 g/mol. The van der Waals surface area contributed by atoms with Crippen molar-refractivity contribution in [2.24, 2.45) is 0 Å². The summed E-state index contributed by atoms with van der Waals surface area (Å²) in [6.07, 6.45) is 1.67. The number of rotatable bonds is 2. The molecule has 5 heteroatoms. The van der Waals surface area contributed by atoms with E-state index >= 15 is 0 Å². The molecule has 0 radical (unpaired) electrons. The SMILES string of the molecule is COc1ncc2ccc(=O)[nH]c2c1-c1ccc(Cl)cc1. The van der Waals surface area contributed by atoms with Crippen molar-refractivity contribution in [2.75, 3.05) is 7.11 Å². The minimum absolute atomic E-state index is 0.166. The summed E-state index contributed by atoms with van der Waals surface area (Å²) >= 11 is 5.91. The van der Waals surface area contributed by atoms with Gasteiger partial charge in [0.15, 0.2) is 0 Å². The Morgan fingerprint density at radius 1 is 1.15 bits per heavy atom. The first-order valence-corrected chi connectivity index (χ1v) is 6.39.